The van der Waals surface area contributed by atoms with Crippen molar-refractivity contribution in [3.05, 3.63) is 237 Å². The molecule has 0 saturated heterocycles. The summed E-state index contributed by atoms with van der Waals surface area (Å²) in [5.74, 6) is 0. The van der Waals surface area contributed by atoms with E-state index in [0.717, 1.165) is 80.0 Å². The Morgan fingerprint density at radius 2 is 0.613 bits per heavy atom. The number of aromatic amines is 1. The first-order chi connectivity index (χ1) is 30.7. The van der Waals surface area contributed by atoms with E-state index in [9.17, 15) is 0 Å². The van der Waals surface area contributed by atoms with E-state index in [1.165, 1.54) is 10.8 Å². The van der Waals surface area contributed by atoms with Crippen molar-refractivity contribution >= 4 is 96.4 Å². The lowest BCUT2D eigenvalue weighted by Gasteiger charge is -2.10. The number of nitrogens with one attached hydrogen (secondary N) is 1. The minimum atomic E-state index is 1.07. The van der Waals surface area contributed by atoms with Crippen LogP contribution in [0.15, 0.2) is 237 Å². The normalized spacial score (nSPS) is 11.2. The van der Waals surface area contributed by atoms with Gasteiger partial charge < -0.3 is 18.7 Å². The highest BCUT2D eigenvalue weighted by atomic mass is 32.1. The van der Waals surface area contributed by atoms with Crippen LogP contribution in [0.3, 0.4) is 0 Å². The van der Waals surface area contributed by atoms with Crippen LogP contribution < -0.4 is 0 Å². The van der Waals surface area contributed by atoms with Gasteiger partial charge in [0.15, 0.2) is 0 Å². The van der Waals surface area contributed by atoms with Crippen molar-refractivity contribution in [3.63, 3.8) is 0 Å². The van der Waals surface area contributed by atoms with E-state index in [0.29, 0.717) is 0 Å². The number of para-hydroxylation sites is 4. The highest BCUT2D eigenvalue weighted by molar-refractivity contribution is 7.23. The lowest BCUT2D eigenvalue weighted by molar-refractivity contribution is 1.17. The van der Waals surface area contributed by atoms with Crippen LogP contribution >= 0.6 is 22.7 Å². The van der Waals surface area contributed by atoms with Gasteiger partial charge in [0.05, 0.1) is 4.83 Å². The molecule has 0 aliphatic heterocycles. The lowest BCUT2D eigenvalue weighted by Crippen LogP contribution is -1.95. The fraction of sp³-hybridized carbons (Fsp3) is 0. The Bertz CT molecular complexity index is 3610. The van der Waals surface area contributed by atoms with Crippen molar-refractivity contribution in [2.75, 3.05) is 0 Å². The summed E-state index contributed by atoms with van der Waals surface area (Å²) in [4.78, 5) is 8.23. The first-order valence-corrected chi connectivity index (χ1v) is 22.4. The number of rotatable bonds is 3. The number of benzene rings is 8. The van der Waals surface area contributed by atoms with E-state index in [2.05, 4.69) is 255 Å². The smallest absolute Gasteiger partial charge is 0.102 e. The molecule has 62 heavy (non-hydrogen) atoms. The summed E-state index contributed by atoms with van der Waals surface area (Å²) >= 11 is 3.52. The van der Waals surface area contributed by atoms with Crippen LogP contribution in [0.2, 0.25) is 0 Å². The Balaban J connectivity index is 1.21. The fourth-order valence-electron chi connectivity index (χ4n) is 8.24. The molecule has 9 aromatic heterocycles. The van der Waals surface area contributed by atoms with Crippen molar-refractivity contribution in [3.8, 4) is 17.1 Å². The molecule has 4 nitrogen and oxygen atoms in total. The Morgan fingerprint density at radius 1 is 0.274 bits per heavy atom. The van der Waals surface area contributed by atoms with Crippen LogP contribution in [0.1, 0.15) is 0 Å². The molecule has 17 rings (SSSR count). The maximum absolute atomic E-state index is 3.77. The number of nitrogens with zero attached hydrogens (tertiary/aromatic N) is 3. The zero-order valence-corrected chi connectivity index (χ0v) is 35.3. The average molecular weight is 833 g/mol. The van der Waals surface area contributed by atoms with Crippen LogP contribution in [0.25, 0.3) is 90.8 Å². The highest BCUT2D eigenvalue weighted by Gasteiger charge is 2.07. The Kier molecular flexibility index (Phi) is 9.90. The van der Waals surface area contributed by atoms with E-state index >= 15 is 0 Å². The Hall–Kier alpha value is -7.64. The Morgan fingerprint density at radius 3 is 1.05 bits per heavy atom. The molecule has 1 N–H and O–H groups in total. The minimum absolute atomic E-state index is 1.07. The van der Waals surface area contributed by atoms with Gasteiger partial charge in [0, 0.05) is 44.5 Å². The molecule has 0 aliphatic rings. The molecule has 0 fully saturated rings. The molecule has 12 bridgehead atoms. The van der Waals surface area contributed by atoms with Crippen molar-refractivity contribution in [2.45, 2.75) is 0 Å². The molecule has 0 spiro atoms. The molecule has 8 aromatic carbocycles. The van der Waals surface area contributed by atoms with Crippen LogP contribution in [0.5, 0.6) is 0 Å². The van der Waals surface area contributed by atoms with Crippen molar-refractivity contribution < 1.29 is 0 Å². The van der Waals surface area contributed by atoms with E-state index in [1.54, 1.807) is 22.7 Å². The summed E-state index contributed by atoms with van der Waals surface area (Å²) in [6, 6.07) is 85.0. The van der Waals surface area contributed by atoms with Crippen LogP contribution in [0, 0.1) is 0 Å². The first-order valence-electron chi connectivity index (χ1n) is 20.7. The van der Waals surface area contributed by atoms with E-state index < -0.39 is 0 Å². The standard InChI is InChI=1S/C56H40N4S2/c1-4-12-45(13-5-1)58-48-30-26-42(27-31-48)43-28-34-50(35-29-43)60(47-16-8-3-9-17-47)56-39-38-55(62-56)59(46-14-6-2-7-15-46)49-32-24-41(25-33-49)40-20-22-44(23-21-40)51-18-10-11-19-52(51)57-53-36-37-54(58)61-53/h1-39,57H. The number of hydrogen-bond donors (Lipinski definition) is 1. The zero-order valence-electron chi connectivity index (χ0n) is 33.7. The highest BCUT2D eigenvalue weighted by Crippen LogP contribution is 2.29. The van der Waals surface area contributed by atoms with Gasteiger partial charge in [-0.15, -0.1) is 11.3 Å². The molecular weight excluding hydrogens is 793 g/mol. The maximum Gasteiger partial charge on any atom is 0.102 e. The van der Waals surface area contributed by atoms with Crippen LogP contribution in [-0.2, 0) is 0 Å². The second-order valence-electron chi connectivity index (χ2n) is 15.2. The van der Waals surface area contributed by atoms with Gasteiger partial charge in [0.25, 0.3) is 0 Å². The lowest BCUT2D eigenvalue weighted by atomic mass is 10.1. The maximum atomic E-state index is 3.77. The van der Waals surface area contributed by atoms with Gasteiger partial charge in [0.1, 0.15) is 14.5 Å². The van der Waals surface area contributed by atoms with Crippen molar-refractivity contribution in [1.29, 1.82) is 0 Å². The van der Waals surface area contributed by atoms with Gasteiger partial charge in [-0.3, -0.25) is 0 Å². The van der Waals surface area contributed by atoms with Gasteiger partial charge >= 0.3 is 0 Å². The second-order valence-corrected chi connectivity index (χ2v) is 17.3. The van der Waals surface area contributed by atoms with E-state index in [-0.39, 0.29) is 0 Å². The van der Waals surface area contributed by atoms with Gasteiger partial charge in [-0.25, -0.2) is 0 Å². The summed E-state index contributed by atoms with van der Waals surface area (Å²) < 4.78 is 7.04. The minimum Gasteiger partial charge on any atom is -0.347 e. The van der Waals surface area contributed by atoms with Gasteiger partial charge in [-0.2, -0.15) is 0 Å². The SMILES string of the molecule is c1ccc(-n2c3ccc(cc3)c3ccc(cc3)n(-c3ccccc3)c3ccc(s3)n(-c3ccccc3)c3ccc(cc3)c3ccc(cc3)c3ccccc3[nH]c3ccc2s3)cc1. The summed E-state index contributed by atoms with van der Waals surface area (Å²) in [5.41, 5.74) is 7.69. The van der Waals surface area contributed by atoms with Gasteiger partial charge in [0.2, 0.25) is 0 Å². The largest absolute Gasteiger partial charge is 0.347 e. The second kappa shape index (κ2) is 16.4. The van der Waals surface area contributed by atoms with Gasteiger partial charge in [-0.1, -0.05) is 145 Å². The third-order valence-electron chi connectivity index (χ3n) is 11.3. The van der Waals surface area contributed by atoms with Crippen LogP contribution in [-0.4, -0.2) is 18.7 Å². The molecule has 296 valence electrons. The predicted molar refractivity (Wildman–Crippen MR) is 268 cm³/mol. The summed E-state index contributed by atoms with van der Waals surface area (Å²) in [6.45, 7) is 0. The van der Waals surface area contributed by atoms with Crippen LogP contribution in [0.4, 0.5) is 0 Å². The van der Waals surface area contributed by atoms with Gasteiger partial charge in [-0.05, 0) is 130 Å². The monoisotopic (exact) mass is 832 g/mol. The van der Waals surface area contributed by atoms with Crippen molar-refractivity contribution in [2.24, 2.45) is 0 Å². The molecule has 0 saturated carbocycles. The first kappa shape index (κ1) is 37.4. The summed E-state index contributed by atoms with van der Waals surface area (Å²) in [5, 5.41) is 6.97. The third-order valence-corrected chi connectivity index (χ3v) is 13.3. The molecule has 9 heterocycles. The predicted octanol–water partition coefficient (Wildman–Crippen LogP) is 16.1. The molecule has 6 heteroatoms. The van der Waals surface area contributed by atoms with E-state index in [4.69, 9.17) is 0 Å². The van der Waals surface area contributed by atoms with Crippen molar-refractivity contribution in [1.82, 2.24) is 18.7 Å². The molecule has 0 radical (unpaired) electrons. The van der Waals surface area contributed by atoms with E-state index in [1.807, 2.05) is 0 Å². The number of aromatic nitrogens is 4. The number of thiophene rings is 2. The summed E-state index contributed by atoms with van der Waals surface area (Å²) in [7, 11) is 0. The average Bonchev–Trinajstić information content (AvgIpc) is 4.01. The molecule has 0 atom stereocenters. The summed E-state index contributed by atoms with van der Waals surface area (Å²) in [6.07, 6.45) is 0. The molecule has 0 amide bonds. The fourth-order valence-corrected chi connectivity index (χ4v) is 10.3. The topological polar surface area (TPSA) is 30.6 Å². The molecule has 17 aromatic rings. The number of H-pyrrole nitrogens is 1. The molecule has 0 aliphatic carbocycles. The quantitative estimate of drug-likeness (QED) is 0.184. The number of hydrogen-bond acceptors (Lipinski definition) is 2. The zero-order chi connectivity index (χ0) is 41.2. The molecule has 0 unspecified atom stereocenters. The molecular formula is C56H40N4S2. The Labute approximate surface area is 366 Å². The third kappa shape index (κ3) is 7.32.